The summed E-state index contributed by atoms with van der Waals surface area (Å²) in [5, 5.41) is 3.29. The van der Waals surface area contributed by atoms with Gasteiger partial charge in [-0.2, -0.15) is 0 Å². The normalized spacial score (nSPS) is 24.9. The van der Waals surface area contributed by atoms with Crippen LogP contribution in [0.4, 0.5) is 0 Å². The highest BCUT2D eigenvalue weighted by Crippen LogP contribution is 2.45. The minimum absolute atomic E-state index is 0.0342. The molecule has 2 rings (SSSR count). The van der Waals surface area contributed by atoms with E-state index in [0.717, 1.165) is 23.4 Å². The summed E-state index contributed by atoms with van der Waals surface area (Å²) in [6, 6.07) is 0. The molecule has 0 unspecified atom stereocenters. The lowest BCUT2D eigenvalue weighted by Gasteiger charge is -2.40. The molecule has 1 heterocycles. The topological polar surface area (TPSA) is 55.4 Å². The zero-order valence-electron chi connectivity index (χ0n) is 13.8. The van der Waals surface area contributed by atoms with Gasteiger partial charge in [0.05, 0.1) is 12.7 Å². The number of hydrogen-bond donors (Lipinski definition) is 1. The van der Waals surface area contributed by atoms with Crippen LogP contribution in [-0.4, -0.2) is 18.9 Å². The summed E-state index contributed by atoms with van der Waals surface area (Å²) < 4.78 is 4.93. The molecule has 0 spiro atoms. The van der Waals surface area contributed by atoms with E-state index in [4.69, 9.17) is 4.74 Å². The van der Waals surface area contributed by atoms with E-state index in [1.807, 2.05) is 20.8 Å². The molecule has 0 saturated heterocycles. The van der Waals surface area contributed by atoms with Crippen molar-refractivity contribution in [3.8, 4) is 0 Å². The monoisotopic (exact) mass is 291 g/mol. The fourth-order valence-electron chi connectivity index (χ4n) is 3.54. The molecule has 1 atom stereocenters. The molecule has 0 aromatic carbocycles. The van der Waals surface area contributed by atoms with E-state index < -0.39 is 0 Å². The van der Waals surface area contributed by atoms with Crippen LogP contribution < -0.4 is 5.32 Å². The lowest BCUT2D eigenvalue weighted by Crippen LogP contribution is -2.40. The predicted octanol–water partition coefficient (Wildman–Crippen LogP) is 2.95. The summed E-state index contributed by atoms with van der Waals surface area (Å²) in [5.74, 6) is -0.187. The standard InChI is InChI=1S/C17H25NO3/c1-9(2)13-14(16(20)21-6)10(3)18-11-7-17(4,5)8-12(19)15(11)13/h9,13,18H,7-8H2,1-6H3/t13-/m0/s1. The van der Waals surface area contributed by atoms with Gasteiger partial charge in [0.2, 0.25) is 0 Å². The summed E-state index contributed by atoms with van der Waals surface area (Å²) in [7, 11) is 1.38. The van der Waals surface area contributed by atoms with Crippen molar-refractivity contribution in [2.45, 2.75) is 47.5 Å². The van der Waals surface area contributed by atoms with Gasteiger partial charge < -0.3 is 10.1 Å². The zero-order chi connectivity index (χ0) is 15.9. The van der Waals surface area contributed by atoms with Gasteiger partial charge in [-0.1, -0.05) is 27.7 Å². The molecule has 0 amide bonds. The number of Topliss-reactive ketones (excluding diaryl/α,β-unsaturated/α-hetero) is 1. The second-order valence-corrected chi connectivity index (χ2v) is 7.21. The summed E-state index contributed by atoms with van der Waals surface area (Å²) in [5.41, 5.74) is 3.15. The number of carbonyl (C=O) groups excluding carboxylic acids is 2. The van der Waals surface area contributed by atoms with E-state index in [1.165, 1.54) is 7.11 Å². The van der Waals surface area contributed by atoms with Crippen molar-refractivity contribution in [3.05, 3.63) is 22.5 Å². The first-order valence-electron chi connectivity index (χ1n) is 7.50. The number of nitrogens with one attached hydrogen (secondary N) is 1. The van der Waals surface area contributed by atoms with Crippen LogP contribution in [0.2, 0.25) is 0 Å². The lowest BCUT2D eigenvalue weighted by atomic mass is 9.67. The number of methoxy groups -OCH3 is 1. The van der Waals surface area contributed by atoms with Gasteiger partial charge in [0.1, 0.15) is 0 Å². The molecule has 0 aromatic heterocycles. The Morgan fingerprint density at radius 1 is 1.33 bits per heavy atom. The average molecular weight is 291 g/mol. The molecule has 1 aliphatic carbocycles. The van der Waals surface area contributed by atoms with Crippen LogP contribution in [0.5, 0.6) is 0 Å². The maximum atomic E-state index is 12.6. The van der Waals surface area contributed by atoms with E-state index >= 15 is 0 Å². The van der Waals surface area contributed by atoms with E-state index in [9.17, 15) is 9.59 Å². The largest absolute Gasteiger partial charge is 0.466 e. The minimum Gasteiger partial charge on any atom is -0.466 e. The first-order valence-corrected chi connectivity index (χ1v) is 7.50. The van der Waals surface area contributed by atoms with Crippen molar-refractivity contribution in [2.24, 2.45) is 17.3 Å². The number of allylic oxidation sites excluding steroid dienone is 3. The van der Waals surface area contributed by atoms with Crippen molar-refractivity contribution in [3.63, 3.8) is 0 Å². The second-order valence-electron chi connectivity index (χ2n) is 7.21. The summed E-state index contributed by atoms with van der Waals surface area (Å²) >= 11 is 0. The Balaban J connectivity index is 2.54. The van der Waals surface area contributed by atoms with Gasteiger partial charge in [-0.3, -0.25) is 4.79 Å². The fraction of sp³-hybridized carbons (Fsp3) is 0.647. The SMILES string of the molecule is COC(=O)C1=C(C)NC2=C(C(=O)CC(C)(C)C2)[C@H]1C(C)C. The van der Waals surface area contributed by atoms with E-state index in [-0.39, 0.29) is 29.0 Å². The molecule has 0 bridgehead atoms. The van der Waals surface area contributed by atoms with Crippen molar-refractivity contribution in [1.82, 2.24) is 5.32 Å². The quantitative estimate of drug-likeness (QED) is 0.795. The minimum atomic E-state index is -0.345. The maximum Gasteiger partial charge on any atom is 0.336 e. The number of esters is 1. The Bertz CT molecular complexity index is 552. The van der Waals surface area contributed by atoms with E-state index in [0.29, 0.717) is 12.0 Å². The summed E-state index contributed by atoms with van der Waals surface area (Å²) in [6.07, 6.45) is 1.37. The number of rotatable bonds is 2. The molecule has 0 radical (unpaired) electrons. The average Bonchev–Trinajstić information content (AvgIpc) is 2.34. The van der Waals surface area contributed by atoms with Crippen LogP contribution in [0.15, 0.2) is 22.5 Å². The van der Waals surface area contributed by atoms with Crippen LogP contribution in [0, 0.1) is 17.3 Å². The van der Waals surface area contributed by atoms with Crippen molar-refractivity contribution in [2.75, 3.05) is 7.11 Å². The summed E-state index contributed by atoms with van der Waals surface area (Å²) in [6.45, 7) is 10.2. The van der Waals surface area contributed by atoms with Crippen LogP contribution in [0.1, 0.15) is 47.5 Å². The molecule has 1 N–H and O–H groups in total. The Labute approximate surface area is 126 Å². The Morgan fingerprint density at radius 3 is 2.48 bits per heavy atom. The number of ketones is 1. The molecule has 0 fully saturated rings. The zero-order valence-corrected chi connectivity index (χ0v) is 13.8. The number of hydrogen-bond acceptors (Lipinski definition) is 4. The number of carbonyl (C=O) groups is 2. The van der Waals surface area contributed by atoms with Crippen LogP contribution in [-0.2, 0) is 14.3 Å². The number of ether oxygens (including phenoxy) is 1. The van der Waals surface area contributed by atoms with E-state index in [1.54, 1.807) is 0 Å². The second kappa shape index (κ2) is 5.32. The van der Waals surface area contributed by atoms with Crippen molar-refractivity contribution >= 4 is 11.8 Å². The van der Waals surface area contributed by atoms with Gasteiger partial charge in [-0.25, -0.2) is 4.79 Å². The Hall–Kier alpha value is -1.58. The highest BCUT2D eigenvalue weighted by atomic mass is 16.5. The molecular formula is C17H25NO3. The van der Waals surface area contributed by atoms with Crippen molar-refractivity contribution in [1.29, 1.82) is 0 Å². The lowest BCUT2D eigenvalue weighted by molar-refractivity contribution is -0.137. The molecular weight excluding hydrogens is 266 g/mol. The molecule has 21 heavy (non-hydrogen) atoms. The highest BCUT2D eigenvalue weighted by Gasteiger charge is 2.43. The first kappa shape index (κ1) is 15.8. The van der Waals surface area contributed by atoms with Crippen LogP contribution >= 0.6 is 0 Å². The van der Waals surface area contributed by atoms with Gasteiger partial charge in [0, 0.05) is 29.3 Å². The first-order chi connectivity index (χ1) is 9.68. The van der Waals surface area contributed by atoms with Crippen LogP contribution in [0.25, 0.3) is 0 Å². The molecule has 2 aliphatic rings. The van der Waals surface area contributed by atoms with Gasteiger partial charge in [-0.15, -0.1) is 0 Å². The third-order valence-corrected chi connectivity index (χ3v) is 4.36. The molecule has 1 aliphatic heterocycles. The summed E-state index contributed by atoms with van der Waals surface area (Å²) in [4.78, 5) is 24.8. The molecule has 4 heteroatoms. The Kier molecular flexibility index (Phi) is 4.00. The maximum absolute atomic E-state index is 12.6. The van der Waals surface area contributed by atoms with Gasteiger partial charge >= 0.3 is 5.97 Å². The molecule has 4 nitrogen and oxygen atoms in total. The van der Waals surface area contributed by atoms with E-state index in [2.05, 4.69) is 19.2 Å². The molecule has 116 valence electrons. The Morgan fingerprint density at radius 2 is 1.95 bits per heavy atom. The third kappa shape index (κ3) is 2.76. The van der Waals surface area contributed by atoms with Crippen LogP contribution in [0.3, 0.4) is 0 Å². The molecule has 0 aromatic rings. The van der Waals surface area contributed by atoms with Crippen molar-refractivity contribution < 1.29 is 14.3 Å². The van der Waals surface area contributed by atoms with Gasteiger partial charge in [-0.05, 0) is 24.7 Å². The highest BCUT2D eigenvalue weighted by molar-refractivity contribution is 6.02. The third-order valence-electron chi connectivity index (χ3n) is 4.36. The predicted molar refractivity (Wildman–Crippen MR) is 81.2 cm³/mol. The smallest absolute Gasteiger partial charge is 0.336 e. The van der Waals surface area contributed by atoms with Gasteiger partial charge in [0.25, 0.3) is 0 Å². The van der Waals surface area contributed by atoms with Gasteiger partial charge in [0.15, 0.2) is 5.78 Å². The number of dihydropyridines is 1. The fourth-order valence-corrected chi connectivity index (χ4v) is 3.54. The molecule has 0 saturated carbocycles.